The van der Waals surface area contributed by atoms with Gasteiger partial charge in [-0.3, -0.25) is 4.79 Å². The number of hydrogen-bond donors (Lipinski definition) is 1. The van der Waals surface area contributed by atoms with Crippen LogP contribution in [0.4, 0.5) is 5.69 Å². The molecule has 22 heavy (non-hydrogen) atoms. The van der Waals surface area contributed by atoms with Gasteiger partial charge in [0.25, 0.3) is 0 Å². The average Bonchev–Trinajstić information content (AvgIpc) is 2.42. The zero-order valence-electron chi connectivity index (χ0n) is 13.9. The summed E-state index contributed by atoms with van der Waals surface area (Å²) in [5.41, 5.74) is 5.70. The maximum absolute atomic E-state index is 12.3. The van der Waals surface area contributed by atoms with E-state index in [4.69, 9.17) is 0 Å². The molecule has 0 aromatic heterocycles. The first-order chi connectivity index (χ1) is 10.4. The van der Waals surface area contributed by atoms with Gasteiger partial charge in [-0.2, -0.15) is 0 Å². The average molecular weight is 295 g/mol. The Balaban J connectivity index is 2.05. The molecule has 0 atom stereocenters. The van der Waals surface area contributed by atoms with Gasteiger partial charge >= 0.3 is 0 Å². The number of carbonyl (C=O) groups is 1. The fraction of sp³-hybridized carbons (Fsp3) is 0.350. The van der Waals surface area contributed by atoms with Gasteiger partial charge in [-0.15, -0.1) is 0 Å². The number of aryl methyl sites for hydroxylation is 2. The van der Waals surface area contributed by atoms with Gasteiger partial charge in [0.05, 0.1) is 0 Å². The fourth-order valence-electron chi connectivity index (χ4n) is 2.59. The fourth-order valence-corrected chi connectivity index (χ4v) is 2.59. The van der Waals surface area contributed by atoms with Gasteiger partial charge in [0, 0.05) is 24.6 Å². The smallest absolute Gasteiger partial charge is 0.141 e. The van der Waals surface area contributed by atoms with Crippen molar-refractivity contribution in [1.29, 1.82) is 0 Å². The highest BCUT2D eigenvalue weighted by Crippen LogP contribution is 2.19. The summed E-state index contributed by atoms with van der Waals surface area (Å²) >= 11 is 0. The largest absolute Gasteiger partial charge is 0.383 e. The summed E-state index contributed by atoms with van der Waals surface area (Å²) in [7, 11) is 0. The minimum Gasteiger partial charge on any atom is -0.383 e. The number of carbonyl (C=O) groups excluding carboxylic acids is 1. The van der Waals surface area contributed by atoms with Crippen LogP contribution in [0, 0.1) is 13.8 Å². The molecule has 2 aromatic rings. The second-order valence-electron chi connectivity index (χ2n) is 6.33. The summed E-state index contributed by atoms with van der Waals surface area (Å²) in [5.74, 6) is 0.255. The number of nitrogens with one attached hydrogen (secondary N) is 1. The molecule has 0 aliphatic rings. The predicted molar refractivity (Wildman–Crippen MR) is 93.5 cm³/mol. The third kappa shape index (κ3) is 4.73. The van der Waals surface area contributed by atoms with Crippen molar-refractivity contribution in [3.63, 3.8) is 0 Å². The molecule has 2 aromatic carbocycles. The van der Waals surface area contributed by atoms with E-state index in [1.807, 2.05) is 12.1 Å². The Morgan fingerprint density at radius 3 is 2.32 bits per heavy atom. The lowest BCUT2D eigenvalue weighted by atomic mass is 10.00. The quantitative estimate of drug-likeness (QED) is 0.851. The molecule has 0 amide bonds. The summed E-state index contributed by atoms with van der Waals surface area (Å²) < 4.78 is 0. The molecule has 2 nitrogen and oxygen atoms in total. The molecule has 2 heteroatoms. The van der Waals surface area contributed by atoms with Crippen LogP contribution < -0.4 is 5.32 Å². The van der Waals surface area contributed by atoms with E-state index in [9.17, 15) is 4.79 Å². The van der Waals surface area contributed by atoms with Crippen LogP contribution in [0.3, 0.4) is 0 Å². The van der Waals surface area contributed by atoms with Gasteiger partial charge in [0.2, 0.25) is 0 Å². The van der Waals surface area contributed by atoms with Crippen LogP contribution in [0.15, 0.2) is 42.5 Å². The molecule has 0 unspecified atom stereocenters. The van der Waals surface area contributed by atoms with E-state index in [2.05, 4.69) is 63.3 Å². The Labute approximate surface area is 133 Å². The van der Waals surface area contributed by atoms with E-state index in [1.54, 1.807) is 0 Å². The molecule has 0 aliphatic carbocycles. The first-order valence-corrected chi connectivity index (χ1v) is 7.87. The zero-order chi connectivity index (χ0) is 16.1. The summed E-state index contributed by atoms with van der Waals surface area (Å²) in [4.78, 5) is 12.3. The highest BCUT2D eigenvalue weighted by Gasteiger charge is 2.08. The maximum Gasteiger partial charge on any atom is 0.141 e. The molecule has 0 aliphatic heterocycles. The topological polar surface area (TPSA) is 29.1 Å². The number of ketones is 1. The number of benzene rings is 2. The molecule has 0 spiro atoms. The molecule has 1 N–H and O–H groups in total. The highest BCUT2D eigenvalue weighted by molar-refractivity contribution is 5.83. The monoisotopic (exact) mass is 295 g/mol. The van der Waals surface area contributed by atoms with Crippen LogP contribution in [-0.2, 0) is 17.6 Å². The summed E-state index contributed by atoms with van der Waals surface area (Å²) in [6.07, 6.45) is 0.990. The van der Waals surface area contributed by atoms with Crippen LogP contribution >= 0.6 is 0 Å². The molecule has 116 valence electrons. The molecule has 0 bridgehead atoms. The lowest BCUT2D eigenvalue weighted by molar-refractivity contribution is -0.117. The predicted octanol–water partition coefficient (Wildman–Crippen LogP) is 4.48. The Bertz CT molecular complexity index is 659. The van der Waals surface area contributed by atoms with Gasteiger partial charge in [0.1, 0.15) is 5.78 Å². The van der Waals surface area contributed by atoms with E-state index in [0.29, 0.717) is 18.9 Å². The van der Waals surface area contributed by atoms with E-state index in [-0.39, 0.29) is 5.78 Å². The van der Waals surface area contributed by atoms with Crippen molar-refractivity contribution in [2.24, 2.45) is 0 Å². The Morgan fingerprint density at radius 1 is 1.00 bits per heavy atom. The van der Waals surface area contributed by atoms with E-state index in [0.717, 1.165) is 16.8 Å². The van der Waals surface area contributed by atoms with Crippen molar-refractivity contribution in [1.82, 2.24) is 0 Å². The van der Waals surface area contributed by atoms with Crippen LogP contribution in [0.1, 0.15) is 36.1 Å². The SMILES string of the molecule is Cc1cccc(CC(=O)Cc2ccc(C)c(NC(C)C)c2)c1. The molecule has 2 rings (SSSR count). The van der Waals surface area contributed by atoms with Crippen molar-refractivity contribution in [3.8, 4) is 0 Å². The number of rotatable bonds is 6. The van der Waals surface area contributed by atoms with E-state index < -0.39 is 0 Å². The standard InChI is InChI=1S/C20H25NO/c1-14(2)21-20-13-18(9-8-16(20)4)12-19(22)11-17-7-5-6-15(3)10-17/h5-10,13-14,21H,11-12H2,1-4H3. The van der Waals surface area contributed by atoms with Crippen molar-refractivity contribution < 1.29 is 4.79 Å². The van der Waals surface area contributed by atoms with Crippen molar-refractivity contribution in [2.45, 2.75) is 46.6 Å². The van der Waals surface area contributed by atoms with Crippen LogP contribution in [0.2, 0.25) is 0 Å². The van der Waals surface area contributed by atoms with Gasteiger partial charge in [0.15, 0.2) is 0 Å². The number of hydrogen-bond acceptors (Lipinski definition) is 2. The first-order valence-electron chi connectivity index (χ1n) is 7.87. The highest BCUT2D eigenvalue weighted by atomic mass is 16.1. The van der Waals surface area contributed by atoms with Crippen LogP contribution in [-0.4, -0.2) is 11.8 Å². The number of Topliss-reactive ketones (excluding diaryl/α,β-unsaturated/α-hetero) is 1. The third-order valence-electron chi connectivity index (χ3n) is 3.63. The van der Waals surface area contributed by atoms with Gasteiger partial charge < -0.3 is 5.32 Å². The van der Waals surface area contributed by atoms with E-state index in [1.165, 1.54) is 11.1 Å². The van der Waals surface area contributed by atoms with Gasteiger partial charge in [-0.05, 0) is 50.5 Å². The Kier molecular flexibility index (Phi) is 5.37. The Hall–Kier alpha value is -2.09. The summed E-state index contributed by atoms with van der Waals surface area (Å²) in [6, 6.07) is 14.8. The van der Waals surface area contributed by atoms with Gasteiger partial charge in [-0.25, -0.2) is 0 Å². The van der Waals surface area contributed by atoms with Crippen molar-refractivity contribution >= 4 is 11.5 Å². The van der Waals surface area contributed by atoms with Crippen molar-refractivity contribution in [2.75, 3.05) is 5.32 Å². The molecular weight excluding hydrogens is 270 g/mol. The summed E-state index contributed by atoms with van der Waals surface area (Å²) in [6.45, 7) is 8.38. The summed E-state index contributed by atoms with van der Waals surface area (Å²) in [5, 5.41) is 3.43. The lowest BCUT2D eigenvalue weighted by Crippen LogP contribution is -2.12. The van der Waals surface area contributed by atoms with Gasteiger partial charge in [-0.1, -0.05) is 42.0 Å². The van der Waals surface area contributed by atoms with E-state index >= 15 is 0 Å². The Morgan fingerprint density at radius 2 is 1.68 bits per heavy atom. The molecule has 0 heterocycles. The minimum atomic E-state index is 0.255. The maximum atomic E-state index is 12.3. The second-order valence-corrected chi connectivity index (χ2v) is 6.33. The third-order valence-corrected chi connectivity index (χ3v) is 3.63. The lowest BCUT2D eigenvalue weighted by Gasteiger charge is -2.14. The number of anilines is 1. The molecule has 0 saturated carbocycles. The molecular formula is C20H25NO. The molecule has 0 radical (unpaired) electrons. The zero-order valence-corrected chi connectivity index (χ0v) is 13.9. The normalized spacial score (nSPS) is 10.8. The van der Waals surface area contributed by atoms with Crippen LogP contribution in [0.5, 0.6) is 0 Å². The second kappa shape index (κ2) is 7.26. The molecule has 0 fully saturated rings. The van der Waals surface area contributed by atoms with Crippen LogP contribution in [0.25, 0.3) is 0 Å². The van der Waals surface area contributed by atoms with Crippen molar-refractivity contribution in [3.05, 3.63) is 64.7 Å². The molecule has 0 saturated heterocycles. The minimum absolute atomic E-state index is 0.255. The first kappa shape index (κ1) is 16.3.